The number of alkyl halides is 2. The van der Waals surface area contributed by atoms with Crippen molar-refractivity contribution >= 4 is 46.6 Å². The predicted octanol–water partition coefficient (Wildman–Crippen LogP) is 3.83. The van der Waals surface area contributed by atoms with Crippen molar-refractivity contribution in [1.29, 1.82) is 0 Å². The van der Waals surface area contributed by atoms with E-state index in [9.17, 15) is 23.2 Å². The molecule has 1 aliphatic rings. The van der Waals surface area contributed by atoms with Gasteiger partial charge in [-0.3, -0.25) is 19.3 Å². The van der Waals surface area contributed by atoms with Crippen LogP contribution in [0.5, 0.6) is 5.75 Å². The van der Waals surface area contributed by atoms with Gasteiger partial charge < -0.3 is 10.1 Å². The summed E-state index contributed by atoms with van der Waals surface area (Å²) in [5.74, 6) is -2.05. The first-order chi connectivity index (χ1) is 12.8. The van der Waals surface area contributed by atoms with E-state index in [4.69, 9.17) is 23.2 Å². The van der Waals surface area contributed by atoms with E-state index < -0.39 is 30.9 Å². The number of amides is 3. The molecule has 0 fully saturated rings. The Morgan fingerprint density at radius 2 is 1.56 bits per heavy atom. The summed E-state index contributed by atoms with van der Waals surface area (Å²) in [6, 6.07) is 7.73. The zero-order chi connectivity index (χ0) is 19.7. The maximum Gasteiger partial charge on any atom is 0.387 e. The number of imide groups is 1. The average Bonchev–Trinajstić information content (AvgIpc) is 2.81. The summed E-state index contributed by atoms with van der Waals surface area (Å²) < 4.78 is 28.4. The van der Waals surface area contributed by atoms with Gasteiger partial charge in [-0.2, -0.15) is 8.78 Å². The maximum absolute atomic E-state index is 12.3. The second kappa shape index (κ2) is 7.50. The molecule has 10 heteroatoms. The zero-order valence-corrected chi connectivity index (χ0v) is 14.9. The quantitative estimate of drug-likeness (QED) is 0.754. The van der Waals surface area contributed by atoms with Gasteiger partial charge in [0.25, 0.3) is 11.8 Å². The Hall–Kier alpha value is -2.71. The Balaban J connectivity index is 1.68. The van der Waals surface area contributed by atoms with Crippen LogP contribution >= 0.6 is 23.2 Å². The van der Waals surface area contributed by atoms with E-state index in [2.05, 4.69) is 10.1 Å². The number of hydrogen-bond acceptors (Lipinski definition) is 4. The Labute approximate surface area is 161 Å². The van der Waals surface area contributed by atoms with Crippen LogP contribution in [0.25, 0.3) is 0 Å². The molecule has 3 amide bonds. The van der Waals surface area contributed by atoms with E-state index in [0.717, 1.165) is 4.90 Å². The van der Waals surface area contributed by atoms with Crippen LogP contribution in [-0.4, -0.2) is 35.8 Å². The molecule has 140 valence electrons. The number of hydrogen-bond donors (Lipinski definition) is 1. The summed E-state index contributed by atoms with van der Waals surface area (Å²) in [4.78, 5) is 37.6. The first-order valence-corrected chi connectivity index (χ1v) is 8.22. The SMILES string of the molecule is O=C(CN1C(=O)c2cc(Cl)c(Cl)cc2C1=O)Nc1ccc(OC(F)F)cc1. The van der Waals surface area contributed by atoms with Gasteiger partial charge >= 0.3 is 6.61 Å². The Morgan fingerprint density at radius 1 is 1.04 bits per heavy atom. The highest BCUT2D eigenvalue weighted by atomic mass is 35.5. The standard InChI is InChI=1S/C17H10Cl2F2N2O4/c18-12-5-10-11(6-13(12)19)16(26)23(15(10)25)7-14(24)22-8-1-3-9(4-2-8)27-17(20)21/h1-6,17H,7H2,(H,22,24). The molecule has 3 rings (SSSR count). The summed E-state index contributed by atoms with van der Waals surface area (Å²) >= 11 is 11.7. The first kappa shape index (κ1) is 19.1. The molecule has 0 spiro atoms. The molecule has 0 radical (unpaired) electrons. The van der Waals surface area contributed by atoms with Crippen molar-refractivity contribution < 1.29 is 27.9 Å². The number of halogens is 4. The van der Waals surface area contributed by atoms with Crippen molar-refractivity contribution in [3.05, 3.63) is 57.6 Å². The number of nitrogens with zero attached hydrogens (tertiary/aromatic N) is 1. The molecule has 6 nitrogen and oxygen atoms in total. The smallest absolute Gasteiger partial charge is 0.387 e. The molecule has 27 heavy (non-hydrogen) atoms. The van der Waals surface area contributed by atoms with E-state index in [1.165, 1.54) is 36.4 Å². The molecular formula is C17H10Cl2F2N2O4. The van der Waals surface area contributed by atoms with E-state index in [1.807, 2.05) is 0 Å². The Kier molecular flexibility index (Phi) is 5.29. The van der Waals surface area contributed by atoms with Crippen LogP contribution in [0.4, 0.5) is 14.5 Å². The predicted molar refractivity (Wildman–Crippen MR) is 93.5 cm³/mol. The van der Waals surface area contributed by atoms with Gasteiger partial charge in [0, 0.05) is 5.69 Å². The number of ether oxygens (including phenoxy) is 1. The van der Waals surface area contributed by atoms with Crippen molar-refractivity contribution in [1.82, 2.24) is 4.90 Å². The van der Waals surface area contributed by atoms with Crippen LogP contribution in [0, 0.1) is 0 Å². The third-order valence-electron chi connectivity index (χ3n) is 3.68. The second-order valence-corrected chi connectivity index (χ2v) is 6.27. The number of fused-ring (bicyclic) bond motifs is 1. The molecule has 0 aliphatic carbocycles. The van der Waals surface area contributed by atoms with Gasteiger partial charge in [0.15, 0.2) is 0 Å². The molecular weight excluding hydrogens is 405 g/mol. The van der Waals surface area contributed by atoms with Crippen LogP contribution in [-0.2, 0) is 4.79 Å². The molecule has 2 aromatic rings. The van der Waals surface area contributed by atoms with E-state index in [1.54, 1.807) is 0 Å². The van der Waals surface area contributed by atoms with E-state index in [-0.39, 0.29) is 32.6 Å². The lowest BCUT2D eigenvalue weighted by molar-refractivity contribution is -0.116. The van der Waals surface area contributed by atoms with E-state index >= 15 is 0 Å². The number of benzene rings is 2. The van der Waals surface area contributed by atoms with Crippen molar-refractivity contribution in [2.45, 2.75) is 6.61 Å². The lowest BCUT2D eigenvalue weighted by atomic mass is 10.1. The normalized spacial score (nSPS) is 13.1. The zero-order valence-electron chi connectivity index (χ0n) is 13.3. The molecule has 1 N–H and O–H groups in total. The third kappa shape index (κ3) is 4.01. The number of nitrogens with one attached hydrogen (secondary N) is 1. The Morgan fingerprint density at radius 3 is 2.04 bits per heavy atom. The van der Waals surface area contributed by atoms with Crippen LogP contribution in [0.3, 0.4) is 0 Å². The third-order valence-corrected chi connectivity index (χ3v) is 4.40. The van der Waals surface area contributed by atoms with Crippen LogP contribution < -0.4 is 10.1 Å². The van der Waals surface area contributed by atoms with Crippen LogP contribution in [0.1, 0.15) is 20.7 Å². The van der Waals surface area contributed by atoms with Crippen molar-refractivity contribution in [3.63, 3.8) is 0 Å². The maximum atomic E-state index is 12.3. The van der Waals surface area contributed by atoms with Crippen molar-refractivity contribution in [3.8, 4) is 5.75 Å². The Bertz CT molecular complexity index is 894. The molecule has 1 heterocycles. The first-order valence-electron chi connectivity index (χ1n) is 7.46. The van der Waals surface area contributed by atoms with Gasteiger partial charge in [0.1, 0.15) is 12.3 Å². The summed E-state index contributed by atoms with van der Waals surface area (Å²) in [6.07, 6.45) is 0. The van der Waals surface area contributed by atoms with Gasteiger partial charge in [-0.1, -0.05) is 23.2 Å². The fraction of sp³-hybridized carbons (Fsp3) is 0.118. The van der Waals surface area contributed by atoms with Gasteiger partial charge in [0.2, 0.25) is 5.91 Å². The molecule has 0 atom stereocenters. The summed E-state index contributed by atoms with van der Waals surface area (Å²) in [5.41, 5.74) is 0.413. The summed E-state index contributed by atoms with van der Waals surface area (Å²) in [5, 5.41) is 2.70. The largest absolute Gasteiger partial charge is 0.435 e. The summed E-state index contributed by atoms with van der Waals surface area (Å²) in [6.45, 7) is -3.49. The highest BCUT2D eigenvalue weighted by molar-refractivity contribution is 6.43. The number of carbonyl (C=O) groups is 3. The highest BCUT2D eigenvalue weighted by Gasteiger charge is 2.37. The van der Waals surface area contributed by atoms with Gasteiger partial charge in [0.05, 0.1) is 21.2 Å². The van der Waals surface area contributed by atoms with Crippen molar-refractivity contribution in [2.75, 3.05) is 11.9 Å². The molecule has 0 bridgehead atoms. The molecule has 0 aromatic heterocycles. The number of anilines is 1. The second-order valence-electron chi connectivity index (χ2n) is 5.46. The molecule has 0 saturated heterocycles. The average molecular weight is 415 g/mol. The lowest BCUT2D eigenvalue weighted by Crippen LogP contribution is -2.37. The fourth-order valence-electron chi connectivity index (χ4n) is 2.49. The minimum Gasteiger partial charge on any atom is -0.435 e. The lowest BCUT2D eigenvalue weighted by Gasteiger charge is -2.14. The van der Waals surface area contributed by atoms with E-state index in [0.29, 0.717) is 0 Å². The summed E-state index contributed by atoms with van der Waals surface area (Å²) in [7, 11) is 0. The number of rotatable bonds is 5. The van der Waals surface area contributed by atoms with Crippen molar-refractivity contribution in [2.24, 2.45) is 0 Å². The number of carbonyl (C=O) groups excluding carboxylic acids is 3. The minimum atomic E-state index is -2.96. The van der Waals surface area contributed by atoms with Crippen LogP contribution in [0.2, 0.25) is 10.0 Å². The topological polar surface area (TPSA) is 75.7 Å². The van der Waals surface area contributed by atoms with Gasteiger partial charge in [-0.25, -0.2) is 0 Å². The highest BCUT2D eigenvalue weighted by Crippen LogP contribution is 2.31. The molecule has 0 unspecified atom stereocenters. The van der Waals surface area contributed by atoms with Gasteiger partial charge in [-0.15, -0.1) is 0 Å². The van der Waals surface area contributed by atoms with Gasteiger partial charge in [-0.05, 0) is 36.4 Å². The fourth-order valence-corrected chi connectivity index (χ4v) is 2.82. The minimum absolute atomic E-state index is 0.0655. The molecule has 2 aromatic carbocycles. The molecule has 0 saturated carbocycles. The monoisotopic (exact) mass is 414 g/mol. The van der Waals surface area contributed by atoms with Crippen LogP contribution in [0.15, 0.2) is 36.4 Å². The molecule has 1 aliphatic heterocycles.